The summed E-state index contributed by atoms with van der Waals surface area (Å²) in [5.74, 6) is -1.18. The van der Waals surface area contributed by atoms with E-state index >= 15 is 0 Å². The number of nitrogens with two attached hydrogens (primary N) is 1. The maximum atomic E-state index is 13.5. The molecule has 0 bridgehead atoms. The zero-order valence-electron chi connectivity index (χ0n) is 10.5. The van der Waals surface area contributed by atoms with E-state index in [1.54, 1.807) is 0 Å². The van der Waals surface area contributed by atoms with Gasteiger partial charge in [0, 0.05) is 18.7 Å². The van der Waals surface area contributed by atoms with E-state index < -0.39 is 32.6 Å². The van der Waals surface area contributed by atoms with Gasteiger partial charge in [-0.15, -0.1) is 0 Å². The van der Waals surface area contributed by atoms with Crippen LogP contribution in [0.4, 0.5) is 10.1 Å². The largest absolute Gasteiger partial charge is 0.315 e. The lowest BCUT2D eigenvalue weighted by atomic mass is 10.1. The van der Waals surface area contributed by atoms with Crippen molar-refractivity contribution in [2.24, 2.45) is 5.73 Å². The summed E-state index contributed by atoms with van der Waals surface area (Å²) in [5, 5.41) is 10.5. The third-order valence-corrected chi connectivity index (χ3v) is 5.14. The van der Waals surface area contributed by atoms with Crippen LogP contribution in [0.3, 0.4) is 0 Å². The molecule has 7 nitrogen and oxygen atoms in total. The van der Waals surface area contributed by atoms with Crippen molar-refractivity contribution in [1.82, 2.24) is 4.31 Å². The fourth-order valence-electron chi connectivity index (χ4n) is 2.16. The second-order valence-electron chi connectivity index (χ2n) is 4.55. The van der Waals surface area contributed by atoms with Crippen molar-refractivity contribution < 1.29 is 17.7 Å². The molecule has 0 radical (unpaired) electrons. The van der Waals surface area contributed by atoms with Gasteiger partial charge >= 0.3 is 5.69 Å². The molecule has 1 saturated heterocycles. The number of nitro benzene ring substituents is 1. The average molecular weight is 303 g/mol. The lowest BCUT2D eigenvalue weighted by Gasteiger charge is -2.31. The van der Waals surface area contributed by atoms with Crippen LogP contribution in [0.1, 0.15) is 19.3 Å². The van der Waals surface area contributed by atoms with Crippen molar-refractivity contribution in [3.63, 3.8) is 0 Å². The molecule has 0 spiro atoms. The SMILES string of the molecule is NC1CCCCN1S(=O)(=O)c1ccc([N+](=O)[O-])c(F)c1. The summed E-state index contributed by atoms with van der Waals surface area (Å²) in [4.78, 5) is 9.30. The van der Waals surface area contributed by atoms with Gasteiger partial charge in [-0.2, -0.15) is 8.70 Å². The van der Waals surface area contributed by atoms with E-state index in [0.29, 0.717) is 18.9 Å². The van der Waals surface area contributed by atoms with Gasteiger partial charge in [-0.05, 0) is 25.3 Å². The highest BCUT2D eigenvalue weighted by Gasteiger charge is 2.32. The van der Waals surface area contributed by atoms with Gasteiger partial charge in [0.15, 0.2) is 0 Å². The van der Waals surface area contributed by atoms with E-state index in [2.05, 4.69) is 0 Å². The maximum Gasteiger partial charge on any atom is 0.304 e. The molecule has 20 heavy (non-hydrogen) atoms. The Balaban J connectivity index is 2.39. The molecule has 1 heterocycles. The maximum absolute atomic E-state index is 13.5. The average Bonchev–Trinajstić information content (AvgIpc) is 2.38. The van der Waals surface area contributed by atoms with E-state index in [4.69, 9.17) is 5.73 Å². The number of halogens is 1. The molecule has 2 N–H and O–H groups in total. The normalized spacial score (nSPS) is 20.8. The molecular formula is C11H14FN3O4S. The number of hydrogen-bond acceptors (Lipinski definition) is 5. The first-order valence-electron chi connectivity index (χ1n) is 6.05. The van der Waals surface area contributed by atoms with Gasteiger partial charge in [-0.3, -0.25) is 10.1 Å². The Bertz CT molecular complexity index is 635. The molecule has 110 valence electrons. The van der Waals surface area contributed by atoms with Crippen LogP contribution in [-0.4, -0.2) is 30.4 Å². The molecule has 1 unspecified atom stereocenters. The van der Waals surface area contributed by atoms with Crippen LogP contribution >= 0.6 is 0 Å². The van der Waals surface area contributed by atoms with Gasteiger partial charge in [0.1, 0.15) is 0 Å². The fraction of sp³-hybridized carbons (Fsp3) is 0.455. The molecule has 0 aromatic heterocycles. The topological polar surface area (TPSA) is 107 Å². The van der Waals surface area contributed by atoms with Crippen LogP contribution in [-0.2, 0) is 10.0 Å². The van der Waals surface area contributed by atoms with Crippen LogP contribution in [0.5, 0.6) is 0 Å². The van der Waals surface area contributed by atoms with E-state index in [9.17, 15) is 22.9 Å². The summed E-state index contributed by atoms with van der Waals surface area (Å²) >= 11 is 0. The summed E-state index contributed by atoms with van der Waals surface area (Å²) in [7, 11) is -3.93. The van der Waals surface area contributed by atoms with Crippen molar-refractivity contribution in [3.05, 3.63) is 34.1 Å². The third-order valence-electron chi connectivity index (χ3n) is 3.22. The molecule has 0 aliphatic carbocycles. The summed E-state index contributed by atoms with van der Waals surface area (Å²) < 4.78 is 39.3. The first kappa shape index (κ1) is 14.8. The van der Waals surface area contributed by atoms with Crippen LogP contribution in [0.15, 0.2) is 23.1 Å². The van der Waals surface area contributed by atoms with Gasteiger partial charge in [-0.1, -0.05) is 0 Å². The van der Waals surface area contributed by atoms with Gasteiger partial charge in [0.2, 0.25) is 15.8 Å². The predicted molar refractivity (Wildman–Crippen MR) is 68.8 cm³/mol. The fourth-order valence-corrected chi connectivity index (χ4v) is 3.76. The molecule has 1 aliphatic heterocycles. The molecule has 0 amide bonds. The summed E-state index contributed by atoms with van der Waals surface area (Å²) in [6.45, 7) is 0.266. The number of piperidine rings is 1. The highest BCUT2D eigenvalue weighted by molar-refractivity contribution is 7.89. The zero-order valence-corrected chi connectivity index (χ0v) is 11.3. The molecule has 2 rings (SSSR count). The third kappa shape index (κ3) is 2.65. The van der Waals surface area contributed by atoms with Gasteiger partial charge in [0.05, 0.1) is 16.0 Å². The van der Waals surface area contributed by atoms with E-state index in [1.165, 1.54) is 0 Å². The number of hydrogen-bond donors (Lipinski definition) is 1. The Morgan fingerprint density at radius 2 is 2.10 bits per heavy atom. The summed E-state index contributed by atoms with van der Waals surface area (Å²) in [6.07, 6.45) is 1.41. The van der Waals surface area contributed by atoms with Crippen molar-refractivity contribution in [1.29, 1.82) is 0 Å². The van der Waals surface area contributed by atoms with Crippen LogP contribution in [0.25, 0.3) is 0 Å². The number of benzene rings is 1. The van der Waals surface area contributed by atoms with Crippen LogP contribution in [0, 0.1) is 15.9 Å². The summed E-state index contributed by atoms with van der Waals surface area (Å²) in [6, 6.07) is 2.53. The Morgan fingerprint density at radius 3 is 2.65 bits per heavy atom. The first-order valence-corrected chi connectivity index (χ1v) is 7.49. The Kier molecular flexibility index (Phi) is 4.02. The molecular weight excluding hydrogens is 289 g/mol. The van der Waals surface area contributed by atoms with Crippen molar-refractivity contribution >= 4 is 15.7 Å². The van der Waals surface area contributed by atoms with Crippen molar-refractivity contribution in [3.8, 4) is 0 Å². The minimum absolute atomic E-state index is 0.266. The predicted octanol–water partition coefficient (Wildman–Crippen LogP) is 1.19. The number of nitro groups is 1. The highest BCUT2D eigenvalue weighted by Crippen LogP contribution is 2.26. The Hall–Kier alpha value is -1.58. The molecule has 0 saturated carbocycles. The highest BCUT2D eigenvalue weighted by atomic mass is 32.2. The lowest BCUT2D eigenvalue weighted by molar-refractivity contribution is -0.387. The molecule has 1 aliphatic rings. The minimum atomic E-state index is -3.93. The second kappa shape index (κ2) is 5.43. The van der Waals surface area contributed by atoms with Crippen LogP contribution < -0.4 is 5.73 Å². The van der Waals surface area contributed by atoms with E-state index in [1.807, 2.05) is 0 Å². The first-order chi connectivity index (χ1) is 9.34. The Labute approximate surface area is 115 Å². The number of rotatable bonds is 3. The minimum Gasteiger partial charge on any atom is -0.315 e. The zero-order chi connectivity index (χ0) is 14.9. The monoisotopic (exact) mass is 303 g/mol. The molecule has 1 atom stereocenters. The van der Waals surface area contributed by atoms with E-state index in [-0.39, 0.29) is 11.4 Å². The quantitative estimate of drug-likeness (QED) is 0.667. The molecule has 9 heteroatoms. The second-order valence-corrected chi connectivity index (χ2v) is 6.44. The summed E-state index contributed by atoms with van der Waals surface area (Å²) in [5.41, 5.74) is 5.01. The molecule has 1 aromatic rings. The molecule has 1 aromatic carbocycles. The van der Waals surface area contributed by atoms with Crippen molar-refractivity contribution in [2.45, 2.75) is 30.3 Å². The van der Waals surface area contributed by atoms with Crippen molar-refractivity contribution in [2.75, 3.05) is 6.54 Å². The van der Waals surface area contributed by atoms with Crippen LogP contribution in [0.2, 0.25) is 0 Å². The lowest BCUT2D eigenvalue weighted by Crippen LogP contribution is -2.48. The standard InChI is InChI=1S/C11H14FN3O4S/c12-9-7-8(4-5-10(9)15(16)17)20(18,19)14-6-2-1-3-11(14)13/h4-5,7,11H,1-3,6,13H2. The van der Waals surface area contributed by atoms with Gasteiger partial charge in [-0.25, -0.2) is 8.42 Å². The number of nitrogens with zero attached hydrogens (tertiary/aromatic N) is 2. The van der Waals surface area contributed by atoms with E-state index in [0.717, 1.165) is 22.9 Å². The Morgan fingerprint density at radius 1 is 1.40 bits per heavy atom. The molecule has 1 fully saturated rings. The van der Waals surface area contributed by atoms with Gasteiger partial charge < -0.3 is 5.73 Å². The van der Waals surface area contributed by atoms with Gasteiger partial charge in [0.25, 0.3) is 0 Å². The number of sulfonamides is 1. The smallest absolute Gasteiger partial charge is 0.304 e.